The Kier molecular flexibility index (Phi) is 4.71. The van der Waals surface area contributed by atoms with Crippen LogP contribution in [0.1, 0.15) is 26.7 Å². The molecular formula is C13H24N2O4S. The Morgan fingerprint density at radius 1 is 1.20 bits per heavy atom. The fourth-order valence-corrected chi connectivity index (χ4v) is 3.75. The van der Waals surface area contributed by atoms with Gasteiger partial charge in [-0.3, -0.25) is 4.79 Å². The Morgan fingerprint density at radius 3 is 2.35 bits per heavy atom. The molecule has 6 nitrogen and oxygen atoms in total. The van der Waals surface area contributed by atoms with Crippen molar-refractivity contribution in [2.45, 2.75) is 38.8 Å². The lowest BCUT2D eigenvalue weighted by Gasteiger charge is -2.40. The van der Waals surface area contributed by atoms with E-state index in [0.29, 0.717) is 39.1 Å². The fraction of sp³-hybridized carbons (Fsp3) is 0.923. The van der Waals surface area contributed by atoms with Gasteiger partial charge in [-0.15, -0.1) is 0 Å². The molecule has 0 unspecified atom stereocenters. The average Bonchev–Trinajstić information content (AvgIpc) is 2.40. The molecule has 2 aliphatic rings. The van der Waals surface area contributed by atoms with Crippen molar-refractivity contribution in [3.8, 4) is 0 Å². The number of carbonyl (C=O) groups is 1. The number of hydrogen-bond donors (Lipinski definition) is 0. The van der Waals surface area contributed by atoms with E-state index < -0.39 is 10.0 Å². The fourth-order valence-electron chi connectivity index (χ4n) is 2.88. The lowest BCUT2D eigenvalue weighted by atomic mass is 9.95. The van der Waals surface area contributed by atoms with Gasteiger partial charge in [-0.2, -0.15) is 0 Å². The molecule has 0 aromatic rings. The Balaban J connectivity index is 1.94. The smallest absolute Gasteiger partial charge is 0.226 e. The van der Waals surface area contributed by atoms with E-state index in [2.05, 4.69) is 0 Å². The van der Waals surface area contributed by atoms with Gasteiger partial charge in [0.25, 0.3) is 0 Å². The van der Waals surface area contributed by atoms with Crippen LogP contribution in [-0.4, -0.2) is 68.2 Å². The average molecular weight is 304 g/mol. The van der Waals surface area contributed by atoms with Crippen LogP contribution in [0.15, 0.2) is 0 Å². The summed E-state index contributed by atoms with van der Waals surface area (Å²) in [6.07, 6.45) is 2.53. The SMILES string of the molecule is C[C@H]1CN(C(=O)C2CCN(S(C)(=O)=O)CC2)[C@@H](C)CO1. The van der Waals surface area contributed by atoms with E-state index in [1.807, 2.05) is 18.7 Å². The number of sulfonamides is 1. The van der Waals surface area contributed by atoms with Crippen LogP contribution in [0.5, 0.6) is 0 Å². The van der Waals surface area contributed by atoms with Crippen LogP contribution < -0.4 is 0 Å². The molecule has 0 radical (unpaired) electrons. The van der Waals surface area contributed by atoms with Crippen molar-refractivity contribution in [1.82, 2.24) is 9.21 Å². The highest BCUT2D eigenvalue weighted by Crippen LogP contribution is 2.24. The van der Waals surface area contributed by atoms with Gasteiger partial charge in [0.05, 0.1) is 25.0 Å². The molecule has 2 heterocycles. The molecule has 1 amide bonds. The molecule has 2 aliphatic heterocycles. The van der Waals surface area contributed by atoms with E-state index in [9.17, 15) is 13.2 Å². The van der Waals surface area contributed by atoms with Crippen LogP contribution >= 0.6 is 0 Å². The number of carbonyl (C=O) groups excluding carboxylic acids is 1. The highest BCUT2D eigenvalue weighted by molar-refractivity contribution is 7.88. The summed E-state index contributed by atoms with van der Waals surface area (Å²) in [5, 5.41) is 0. The van der Waals surface area contributed by atoms with Crippen molar-refractivity contribution in [3.63, 3.8) is 0 Å². The van der Waals surface area contributed by atoms with Crippen molar-refractivity contribution in [2.75, 3.05) is 32.5 Å². The number of rotatable bonds is 2. The zero-order chi connectivity index (χ0) is 14.9. The molecule has 2 fully saturated rings. The van der Waals surface area contributed by atoms with E-state index in [1.165, 1.54) is 10.6 Å². The van der Waals surface area contributed by atoms with Crippen LogP contribution in [0.25, 0.3) is 0 Å². The van der Waals surface area contributed by atoms with Gasteiger partial charge in [0.15, 0.2) is 0 Å². The van der Waals surface area contributed by atoms with Crippen LogP contribution in [0.3, 0.4) is 0 Å². The molecule has 7 heteroatoms. The summed E-state index contributed by atoms with van der Waals surface area (Å²) in [6, 6.07) is 0.103. The largest absolute Gasteiger partial charge is 0.375 e. The van der Waals surface area contributed by atoms with Crippen molar-refractivity contribution >= 4 is 15.9 Å². The number of hydrogen-bond acceptors (Lipinski definition) is 4. The van der Waals surface area contributed by atoms with Gasteiger partial charge in [0.1, 0.15) is 0 Å². The third-order valence-corrected chi connectivity index (χ3v) is 5.47. The van der Waals surface area contributed by atoms with Crippen molar-refractivity contribution < 1.29 is 17.9 Å². The van der Waals surface area contributed by atoms with Crippen LogP contribution in [0.4, 0.5) is 0 Å². The predicted molar refractivity (Wildman–Crippen MR) is 75.7 cm³/mol. The molecule has 0 spiro atoms. The maximum Gasteiger partial charge on any atom is 0.226 e. The van der Waals surface area contributed by atoms with Gasteiger partial charge in [0.2, 0.25) is 15.9 Å². The maximum atomic E-state index is 12.6. The number of amides is 1. The first kappa shape index (κ1) is 15.7. The number of ether oxygens (including phenoxy) is 1. The molecular weight excluding hydrogens is 280 g/mol. The van der Waals surface area contributed by atoms with Crippen LogP contribution in [0.2, 0.25) is 0 Å². The zero-order valence-electron chi connectivity index (χ0n) is 12.4. The molecule has 0 N–H and O–H groups in total. The quantitative estimate of drug-likeness (QED) is 0.735. The van der Waals surface area contributed by atoms with Crippen LogP contribution in [0, 0.1) is 5.92 Å². The number of nitrogens with zero attached hydrogens (tertiary/aromatic N) is 2. The molecule has 2 atom stereocenters. The molecule has 0 saturated carbocycles. The third-order valence-electron chi connectivity index (χ3n) is 4.16. The summed E-state index contributed by atoms with van der Waals surface area (Å²) in [5.41, 5.74) is 0. The van der Waals surface area contributed by atoms with E-state index in [1.54, 1.807) is 0 Å². The third kappa shape index (κ3) is 3.51. The normalized spacial score (nSPS) is 30.4. The van der Waals surface area contributed by atoms with E-state index in [0.717, 1.165) is 0 Å². The number of morpholine rings is 1. The van der Waals surface area contributed by atoms with Gasteiger partial charge in [-0.05, 0) is 26.7 Å². The van der Waals surface area contributed by atoms with Crippen molar-refractivity contribution in [1.29, 1.82) is 0 Å². The summed E-state index contributed by atoms with van der Waals surface area (Å²) in [7, 11) is -3.13. The van der Waals surface area contributed by atoms with Crippen molar-refractivity contribution in [2.24, 2.45) is 5.92 Å². The summed E-state index contributed by atoms with van der Waals surface area (Å²) >= 11 is 0. The lowest BCUT2D eigenvalue weighted by molar-refractivity contribution is -0.148. The summed E-state index contributed by atoms with van der Waals surface area (Å²) in [4.78, 5) is 14.5. The first-order valence-electron chi connectivity index (χ1n) is 7.16. The van der Waals surface area contributed by atoms with E-state index >= 15 is 0 Å². The minimum atomic E-state index is -3.13. The summed E-state index contributed by atoms with van der Waals surface area (Å²) in [6.45, 7) is 6.07. The molecule has 2 rings (SSSR count). The topological polar surface area (TPSA) is 66.9 Å². The second-order valence-corrected chi connectivity index (χ2v) is 7.90. The molecule has 20 heavy (non-hydrogen) atoms. The second-order valence-electron chi connectivity index (χ2n) is 5.92. The first-order chi connectivity index (χ1) is 9.29. The molecule has 2 saturated heterocycles. The minimum absolute atomic E-state index is 0.0549. The molecule has 0 aromatic heterocycles. The summed E-state index contributed by atoms with van der Waals surface area (Å²) < 4.78 is 29.9. The van der Waals surface area contributed by atoms with Gasteiger partial charge >= 0.3 is 0 Å². The van der Waals surface area contributed by atoms with Gasteiger partial charge in [-0.25, -0.2) is 12.7 Å². The Morgan fingerprint density at radius 2 is 1.80 bits per heavy atom. The monoisotopic (exact) mass is 304 g/mol. The molecule has 0 aliphatic carbocycles. The zero-order valence-corrected chi connectivity index (χ0v) is 13.2. The Hall–Kier alpha value is -0.660. The molecule has 0 bridgehead atoms. The second kappa shape index (κ2) is 5.99. The lowest BCUT2D eigenvalue weighted by Crippen LogP contribution is -2.53. The van der Waals surface area contributed by atoms with Crippen molar-refractivity contribution in [3.05, 3.63) is 0 Å². The van der Waals surface area contributed by atoms with Crippen LogP contribution in [-0.2, 0) is 19.6 Å². The van der Waals surface area contributed by atoms with E-state index in [-0.39, 0.29) is 24.0 Å². The maximum absolute atomic E-state index is 12.6. The van der Waals surface area contributed by atoms with E-state index in [4.69, 9.17) is 4.74 Å². The van der Waals surface area contributed by atoms with Gasteiger partial charge in [-0.1, -0.05) is 0 Å². The van der Waals surface area contributed by atoms with Gasteiger partial charge < -0.3 is 9.64 Å². The predicted octanol–water partition coefficient (Wildman–Crippen LogP) is 0.294. The molecule has 0 aromatic carbocycles. The molecule has 116 valence electrons. The van der Waals surface area contributed by atoms with Gasteiger partial charge in [0, 0.05) is 25.6 Å². The minimum Gasteiger partial charge on any atom is -0.375 e. The Bertz CT molecular complexity index is 457. The number of piperidine rings is 1. The first-order valence-corrected chi connectivity index (χ1v) is 9.01. The highest BCUT2D eigenvalue weighted by atomic mass is 32.2. The summed E-state index contributed by atoms with van der Waals surface area (Å²) in [5.74, 6) is 0.0987. The standard InChI is InChI=1S/C13H24N2O4S/c1-10-9-19-11(2)8-15(10)13(16)12-4-6-14(7-5-12)20(3,17)18/h10-12H,4-9H2,1-3H3/t10-,11-/m0/s1. The highest BCUT2D eigenvalue weighted by Gasteiger charge is 2.35. The Labute approximate surface area is 121 Å².